The number of nitrogens with zero attached hydrogens (tertiary/aromatic N) is 1. The Morgan fingerprint density at radius 1 is 1.42 bits per heavy atom. The highest BCUT2D eigenvalue weighted by molar-refractivity contribution is 9.10. The van der Waals surface area contributed by atoms with E-state index in [1.165, 1.54) is 11.8 Å². The van der Waals surface area contributed by atoms with Gasteiger partial charge in [-0.05, 0) is 26.3 Å². The summed E-state index contributed by atoms with van der Waals surface area (Å²) in [6, 6.07) is 8.78. The summed E-state index contributed by atoms with van der Waals surface area (Å²) >= 11 is 4.91. The van der Waals surface area contributed by atoms with Gasteiger partial charge in [0.25, 0.3) is 0 Å². The Morgan fingerprint density at radius 3 is 2.62 bits per heavy atom. The van der Waals surface area contributed by atoms with E-state index in [-0.39, 0.29) is 17.9 Å². The van der Waals surface area contributed by atoms with Crippen LogP contribution in [0.5, 0.6) is 0 Å². The molecule has 2 heterocycles. The number of carbonyl (C=O) groups is 2. The van der Waals surface area contributed by atoms with Crippen molar-refractivity contribution in [3.05, 3.63) is 35.9 Å². The molecule has 0 aromatic heterocycles. The molecule has 2 fully saturated rings. The Kier molecular flexibility index (Phi) is 4.47. The van der Waals surface area contributed by atoms with Crippen molar-refractivity contribution in [2.24, 2.45) is 0 Å². The van der Waals surface area contributed by atoms with Gasteiger partial charge in [0.1, 0.15) is 18.0 Å². The van der Waals surface area contributed by atoms with E-state index < -0.39 is 27.2 Å². The molecule has 2 aliphatic rings. The van der Waals surface area contributed by atoms with Crippen LogP contribution in [0.25, 0.3) is 0 Å². The lowest BCUT2D eigenvalue weighted by Gasteiger charge is -2.51. The molecule has 0 aliphatic carbocycles. The van der Waals surface area contributed by atoms with Gasteiger partial charge in [-0.25, -0.2) is 4.79 Å². The topological polar surface area (TPSA) is 66.8 Å². The first-order valence-corrected chi connectivity index (χ1v) is 9.45. The standard InChI is InChI=1S/C17H20BrNO4S/c1-10(20)17(18)14(22)19-12(16(2,3)24-15(17)19)13(21)23-9-11-7-5-4-6-8-11/h4-8,10,12,15,20H,9H2,1-3H3. The number of hydrogen-bond donors (Lipinski definition) is 1. The second-order valence-electron chi connectivity index (χ2n) is 6.73. The van der Waals surface area contributed by atoms with Crippen LogP contribution in [-0.2, 0) is 20.9 Å². The monoisotopic (exact) mass is 413 g/mol. The highest BCUT2D eigenvalue weighted by atomic mass is 79.9. The normalized spacial score (nSPS) is 32.0. The number of aliphatic hydroxyl groups is 1. The minimum absolute atomic E-state index is 0.180. The molecule has 0 spiro atoms. The molecular weight excluding hydrogens is 394 g/mol. The molecule has 130 valence electrons. The van der Waals surface area contributed by atoms with E-state index in [4.69, 9.17) is 4.74 Å². The van der Waals surface area contributed by atoms with Crippen LogP contribution in [0.3, 0.4) is 0 Å². The average Bonchev–Trinajstić information content (AvgIpc) is 2.82. The maximum Gasteiger partial charge on any atom is 0.330 e. The molecular formula is C17H20BrNO4S. The summed E-state index contributed by atoms with van der Waals surface area (Å²) in [5.74, 6) is -0.672. The molecule has 2 saturated heterocycles. The van der Waals surface area contributed by atoms with Crippen LogP contribution in [0.15, 0.2) is 30.3 Å². The van der Waals surface area contributed by atoms with Crippen molar-refractivity contribution in [1.29, 1.82) is 0 Å². The Bertz CT molecular complexity index is 666. The van der Waals surface area contributed by atoms with E-state index in [0.29, 0.717) is 0 Å². The number of alkyl halides is 1. The van der Waals surface area contributed by atoms with E-state index in [1.807, 2.05) is 44.2 Å². The van der Waals surface area contributed by atoms with Crippen molar-refractivity contribution in [3.63, 3.8) is 0 Å². The van der Waals surface area contributed by atoms with Gasteiger partial charge in [0.2, 0.25) is 5.91 Å². The first-order valence-electron chi connectivity index (χ1n) is 7.77. The summed E-state index contributed by atoms with van der Waals surface area (Å²) < 4.78 is 3.94. The predicted octanol–water partition coefficient (Wildman–Crippen LogP) is 2.31. The van der Waals surface area contributed by atoms with Crippen LogP contribution < -0.4 is 0 Å². The van der Waals surface area contributed by atoms with E-state index >= 15 is 0 Å². The molecule has 1 N–H and O–H groups in total. The number of thioether (sulfide) groups is 1. The van der Waals surface area contributed by atoms with Crippen molar-refractivity contribution >= 4 is 39.6 Å². The van der Waals surface area contributed by atoms with Crippen molar-refractivity contribution < 1.29 is 19.4 Å². The molecule has 4 unspecified atom stereocenters. The van der Waals surface area contributed by atoms with Gasteiger partial charge in [-0.3, -0.25) is 4.79 Å². The van der Waals surface area contributed by atoms with Crippen LogP contribution in [0, 0.1) is 0 Å². The molecule has 1 aromatic rings. The highest BCUT2D eigenvalue weighted by Gasteiger charge is 2.72. The van der Waals surface area contributed by atoms with Crippen LogP contribution in [0.2, 0.25) is 0 Å². The quantitative estimate of drug-likeness (QED) is 0.465. The SMILES string of the molecule is CC(O)C1(Br)C(=O)N2C(C(=O)OCc3ccccc3)C(C)(C)SC21. The maximum absolute atomic E-state index is 12.6. The van der Waals surface area contributed by atoms with Gasteiger partial charge in [-0.15, -0.1) is 11.8 Å². The van der Waals surface area contributed by atoms with Gasteiger partial charge in [-0.1, -0.05) is 46.3 Å². The summed E-state index contributed by atoms with van der Waals surface area (Å²) in [5.41, 5.74) is 0.902. The molecule has 7 heteroatoms. The average molecular weight is 414 g/mol. The lowest BCUT2D eigenvalue weighted by Crippen LogP contribution is -2.74. The first kappa shape index (κ1) is 17.8. The summed E-state index contributed by atoms with van der Waals surface area (Å²) in [7, 11) is 0. The van der Waals surface area contributed by atoms with Crippen LogP contribution in [0.1, 0.15) is 26.3 Å². The van der Waals surface area contributed by atoms with Gasteiger partial charge in [0, 0.05) is 4.75 Å². The van der Waals surface area contributed by atoms with E-state index in [1.54, 1.807) is 11.8 Å². The van der Waals surface area contributed by atoms with Gasteiger partial charge in [0.15, 0.2) is 4.32 Å². The fourth-order valence-electron chi connectivity index (χ4n) is 3.22. The lowest BCUT2D eigenvalue weighted by molar-refractivity contribution is -0.167. The third-order valence-electron chi connectivity index (χ3n) is 4.58. The van der Waals surface area contributed by atoms with Gasteiger partial charge >= 0.3 is 5.97 Å². The smallest absolute Gasteiger partial charge is 0.330 e. The number of benzene rings is 1. The zero-order chi connectivity index (χ0) is 17.7. The summed E-state index contributed by atoms with van der Waals surface area (Å²) in [6.07, 6.45) is -0.839. The Balaban J connectivity index is 1.76. The fraction of sp³-hybridized carbons (Fsp3) is 0.529. The molecule has 0 saturated carbocycles. The van der Waals surface area contributed by atoms with Crippen LogP contribution in [0.4, 0.5) is 0 Å². The fourth-order valence-corrected chi connectivity index (χ4v) is 5.64. The molecule has 1 aromatic carbocycles. The minimum Gasteiger partial charge on any atom is -0.459 e. The number of ether oxygens (including phenoxy) is 1. The van der Waals surface area contributed by atoms with Crippen molar-refractivity contribution in [2.45, 2.75) is 54.0 Å². The third kappa shape index (κ3) is 2.57. The number of fused-ring (bicyclic) bond motifs is 1. The zero-order valence-corrected chi connectivity index (χ0v) is 16.1. The summed E-state index contributed by atoms with van der Waals surface area (Å²) in [4.78, 5) is 26.8. The minimum atomic E-state index is -1.02. The van der Waals surface area contributed by atoms with E-state index in [2.05, 4.69) is 15.9 Å². The number of rotatable bonds is 4. The molecule has 4 atom stereocenters. The molecule has 5 nitrogen and oxygen atoms in total. The Morgan fingerprint density at radius 2 is 2.04 bits per heavy atom. The molecule has 1 amide bonds. The number of aliphatic hydroxyl groups excluding tert-OH is 1. The van der Waals surface area contributed by atoms with Crippen LogP contribution >= 0.6 is 27.7 Å². The summed E-state index contributed by atoms with van der Waals surface area (Å²) in [6.45, 7) is 5.61. The molecule has 3 rings (SSSR count). The molecule has 0 bridgehead atoms. The molecule has 2 aliphatic heterocycles. The second-order valence-corrected chi connectivity index (χ2v) is 9.77. The van der Waals surface area contributed by atoms with E-state index in [0.717, 1.165) is 5.56 Å². The maximum atomic E-state index is 12.6. The van der Waals surface area contributed by atoms with Gasteiger partial charge in [0.05, 0.1) is 6.10 Å². The van der Waals surface area contributed by atoms with E-state index in [9.17, 15) is 14.7 Å². The lowest BCUT2D eigenvalue weighted by atomic mass is 9.88. The molecule has 24 heavy (non-hydrogen) atoms. The Hall–Kier alpha value is -1.05. The number of carbonyl (C=O) groups excluding carboxylic acids is 2. The largest absolute Gasteiger partial charge is 0.459 e. The third-order valence-corrected chi connectivity index (χ3v) is 7.97. The van der Waals surface area contributed by atoms with Crippen molar-refractivity contribution in [3.8, 4) is 0 Å². The Labute approximate surface area is 153 Å². The zero-order valence-electron chi connectivity index (χ0n) is 13.7. The predicted molar refractivity (Wildman–Crippen MR) is 95.7 cm³/mol. The van der Waals surface area contributed by atoms with Crippen molar-refractivity contribution in [2.75, 3.05) is 0 Å². The first-order chi connectivity index (χ1) is 11.2. The highest BCUT2D eigenvalue weighted by Crippen LogP contribution is 2.59. The number of β-lactam (4-membered cyclic amide) rings is 1. The number of amides is 1. The van der Waals surface area contributed by atoms with Crippen LogP contribution in [-0.4, -0.2) is 48.5 Å². The number of esters is 1. The van der Waals surface area contributed by atoms with Gasteiger partial charge in [-0.2, -0.15) is 0 Å². The van der Waals surface area contributed by atoms with Crippen molar-refractivity contribution in [1.82, 2.24) is 4.90 Å². The summed E-state index contributed by atoms with van der Waals surface area (Å²) in [5, 5.41) is 9.69. The van der Waals surface area contributed by atoms with Gasteiger partial charge < -0.3 is 14.7 Å². The number of halogens is 1. The molecule has 0 radical (unpaired) electrons. The number of hydrogen-bond acceptors (Lipinski definition) is 5. The second kappa shape index (κ2) is 6.04.